The number of pyridine rings is 1. The van der Waals surface area contributed by atoms with E-state index in [1.807, 2.05) is 30.3 Å². The number of hydrogen-bond donors (Lipinski definition) is 1. The van der Waals surface area contributed by atoms with E-state index in [-0.39, 0.29) is 11.2 Å². The first-order valence-corrected chi connectivity index (χ1v) is 7.36. The summed E-state index contributed by atoms with van der Waals surface area (Å²) in [5, 5.41) is 4.33. The zero-order chi connectivity index (χ0) is 14.0. The minimum Gasteiger partial charge on any atom is -0.316 e. The lowest BCUT2D eigenvalue weighted by molar-refractivity contribution is 0.0803. The molecule has 0 amide bonds. The zero-order valence-electron chi connectivity index (χ0n) is 11.9. The Balaban J connectivity index is 2.08. The van der Waals surface area contributed by atoms with Gasteiger partial charge in [0.1, 0.15) is 0 Å². The first-order chi connectivity index (χ1) is 9.77. The quantitative estimate of drug-likeness (QED) is 0.866. The van der Waals surface area contributed by atoms with Gasteiger partial charge in [-0.25, -0.2) is 0 Å². The molecule has 1 fully saturated rings. The molecule has 1 aliphatic heterocycles. The van der Waals surface area contributed by atoms with E-state index < -0.39 is 0 Å². The van der Waals surface area contributed by atoms with E-state index in [1.165, 1.54) is 0 Å². The summed E-state index contributed by atoms with van der Waals surface area (Å²) in [5.41, 5.74) is 1.50. The van der Waals surface area contributed by atoms with Gasteiger partial charge in [0.15, 0.2) is 5.78 Å². The van der Waals surface area contributed by atoms with Crippen LogP contribution in [0.1, 0.15) is 36.5 Å². The Kier molecular flexibility index (Phi) is 3.53. The summed E-state index contributed by atoms with van der Waals surface area (Å²) in [5.74, 6) is 0.281. The predicted molar refractivity (Wildman–Crippen MR) is 80.9 cm³/mol. The van der Waals surface area contributed by atoms with E-state index in [9.17, 15) is 4.79 Å². The van der Waals surface area contributed by atoms with Crippen LogP contribution in [-0.2, 0) is 0 Å². The number of carbonyl (C=O) groups is 1. The number of rotatable bonds is 4. The van der Waals surface area contributed by atoms with Crippen LogP contribution in [0.15, 0.2) is 36.5 Å². The van der Waals surface area contributed by atoms with Gasteiger partial charge in [0, 0.05) is 29.1 Å². The van der Waals surface area contributed by atoms with Crippen molar-refractivity contribution in [3.8, 4) is 0 Å². The predicted octanol–water partition coefficient (Wildman–Crippen LogP) is 3.20. The number of hydrogen-bond acceptors (Lipinski definition) is 3. The molecule has 1 atom stereocenters. The lowest BCUT2D eigenvalue weighted by atomic mass is 9.75. The Morgan fingerprint density at radius 2 is 2.25 bits per heavy atom. The third kappa shape index (κ3) is 2.12. The molecule has 1 aliphatic rings. The second kappa shape index (κ2) is 5.33. The topological polar surface area (TPSA) is 42.0 Å². The number of Topliss-reactive ketones (excluding diaryl/α,β-unsaturated/α-hetero) is 1. The SMILES string of the molecule is CCCC1(C(=O)c2cccc3ncccc23)CCNC1. The fourth-order valence-corrected chi connectivity index (χ4v) is 3.33. The van der Waals surface area contributed by atoms with Gasteiger partial charge in [-0.2, -0.15) is 0 Å². The highest BCUT2D eigenvalue weighted by Gasteiger charge is 2.40. The monoisotopic (exact) mass is 268 g/mol. The van der Waals surface area contributed by atoms with Crippen molar-refractivity contribution >= 4 is 16.7 Å². The Labute approximate surface area is 119 Å². The van der Waals surface area contributed by atoms with Crippen molar-refractivity contribution in [2.24, 2.45) is 5.41 Å². The fourth-order valence-electron chi connectivity index (χ4n) is 3.33. The van der Waals surface area contributed by atoms with Gasteiger partial charge < -0.3 is 5.32 Å². The van der Waals surface area contributed by atoms with Gasteiger partial charge in [-0.1, -0.05) is 31.5 Å². The molecular weight excluding hydrogens is 248 g/mol. The van der Waals surface area contributed by atoms with E-state index in [0.29, 0.717) is 0 Å². The molecular formula is C17H20N2O. The average Bonchev–Trinajstić information content (AvgIpc) is 2.96. The highest BCUT2D eigenvalue weighted by atomic mass is 16.1. The summed E-state index contributed by atoms with van der Waals surface area (Å²) in [4.78, 5) is 17.5. The molecule has 3 heteroatoms. The molecule has 2 heterocycles. The molecule has 2 aromatic rings. The van der Waals surface area contributed by atoms with E-state index in [2.05, 4.69) is 17.2 Å². The first kappa shape index (κ1) is 13.3. The Morgan fingerprint density at radius 1 is 1.35 bits per heavy atom. The number of ketones is 1. The van der Waals surface area contributed by atoms with Crippen molar-refractivity contribution in [2.45, 2.75) is 26.2 Å². The second-order valence-electron chi connectivity index (χ2n) is 5.66. The van der Waals surface area contributed by atoms with Gasteiger partial charge in [-0.05, 0) is 31.5 Å². The van der Waals surface area contributed by atoms with Crippen molar-refractivity contribution in [1.29, 1.82) is 0 Å². The van der Waals surface area contributed by atoms with Gasteiger partial charge >= 0.3 is 0 Å². The minimum atomic E-state index is -0.223. The lowest BCUT2D eigenvalue weighted by Gasteiger charge is -2.26. The van der Waals surface area contributed by atoms with E-state index in [0.717, 1.165) is 48.8 Å². The molecule has 1 unspecified atom stereocenters. The Bertz CT molecular complexity index is 624. The summed E-state index contributed by atoms with van der Waals surface area (Å²) < 4.78 is 0. The average molecular weight is 268 g/mol. The Hall–Kier alpha value is -1.74. The van der Waals surface area contributed by atoms with E-state index >= 15 is 0 Å². The van der Waals surface area contributed by atoms with Crippen molar-refractivity contribution in [3.63, 3.8) is 0 Å². The molecule has 1 N–H and O–H groups in total. The summed E-state index contributed by atoms with van der Waals surface area (Å²) in [6.45, 7) is 3.89. The van der Waals surface area contributed by atoms with Crippen LogP contribution >= 0.6 is 0 Å². The van der Waals surface area contributed by atoms with E-state index in [1.54, 1.807) is 6.20 Å². The first-order valence-electron chi connectivity index (χ1n) is 7.36. The van der Waals surface area contributed by atoms with Crippen LogP contribution in [0.5, 0.6) is 0 Å². The Morgan fingerprint density at radius 3 is 3.00 bits per heavy atom. The maximum Gasteiger partial charge on any atom is 0.171 e. The third-order valence-electron chi connectivity index (χ3n) is 4.34. The van der Waals surface area contributed by atoms with Crippen LogP contribution < -0.4 is 5.32 Å². The molecule has 1 aromatic carbocycles. The molecule has 0 radical (unpaired) electrons. The third-order valence-corrected chi connectivity index (χ3v) is 4.34. The van der Waals surface area contributed by atoms with Crippen LogP contribution in [0.4, 0.5) is 0 Å². The molecule has 104 valence electrons. The number of nitrogens with one attached hydrogen (secondary N) is 1. The standard InChI is InChI=1S/C17H20N2O/c1-2-8-17(9-11-18-12-17)16(20)14-5-3-7-15-13(14)6-4-10-19-15/h3-7,10,18H,2,8-9,11-12H2,1H3. The zero-order valence-corrected chi connectivity index (χ0v) is 11.9. The molecule has 0 spiro atoms. The van der Waals surface area contributed by atoms with E-state index in [4.69, 9.17) is 0 Å². The number of benzene rings is 1. The number of carbonyl (C=O) groups excluding carboxylic acids is 1. The van der Waals surface area contributed by atoms with Crippen molar-refractivity contribution in [3.05, 3.63) is 42.1 Å². The summed E-state index contributed by atoms with van der Waals surface area (Å²) in [6.07, 6.45) is 4.71. The number of nitrogens with zero attached hydrogens (tertiary/aromatic N) is 1. The molecule has 0 saturated carbocycles. The van der Waals surface area contributed by atoms with Crippen LogP contribution in [-0.4, -0.2) is 23.9 Å². The summed E-state index contributed by atoms with van der Waals surface area (Å²) >= 11 is 0. The highest BCUT2D eigenvalue weighted by molar-refractivity contribution is 6.10. The van der Waals surface area contributed by atoms with Gasteiger partial charge in [0.2, 0.25) is 0 Å². The smallest absolute Gasteiger partial charge is 0.171 e. The van der Waals surface area contributed by atoms with Gasteiger partial charge in [-0.3, -0.25) is 9.78 Å². The molecule has 1 saturated heterocycles. The lowest BCUT2D eigenvalue weighted by Crippen LogP contribution is -2.33. The summed E-state index contributed by atoms with van der Waals surface area (Å²) in [6, 6.07) is 9.74. The van der Waals surface area contributed by atoms with Crippen molar-refractivity contribution in [1.82, 2.24) is 10.3 Å². The summed E-state index contributed by atoms with van der Waals surface area (Å²) in [7, 11) is 0. The largest absolute Gasteiger partial charge is 0.316 e. The second-order valence-corrected chi connectivity index (χ2v) is 5.66. The molecule has 3 nitrogen and oxygen atoms in total. The number of fused-ring (bicyclic) bond motifs is 1. The van der Waals surface area contributed by atoms with Gasteiger partial charge in [0.05, 0.1) is 5.52 Å². The van der Waals surface area contributed by atoms with Crippen molar-refractivity contribution in [2.75, 3.05) is 13.1 Å². The fraction of sp³-hybridized carbons (Fsp3) is 0.412. The molecule has 1 aromatic heterocycles. The van der Waals surface area contributed by atoms with Crippen LogP contribution in [0.3, 0.4) is 0 Å². The number of aromatic nitrogens is 1. The van der Waals surface area contributed by atoms with Crippen LogP contribution in [0.25, 0.3) is 10.9 Å². The molecule has 3 rings (SSSR count). The van der Waals surface area contributed by atoms with Crippen LogP contribution in [0, 0.1) is 5.41 Å². The minimum absolute atomic E-state index is 0.223. The molecule has 20 heavy (non-hydrogen) atoms. The molecule has 0 bridgehead atoms. The van der Waals surface area contributed by atoms with Crippen LogP contribution in [0.2, 0.25) is 0 Å². The van der Waals surface area contributed by atoms with Crippen molar-refractivity contribution < 1.29 is 4.79 Å². The highest BCUT2D eigenvalue weighted by Crippen LogP contribution is 2.36. The van der Waals surface area contributed by atoms with Gasteiger partial charge in [0.25, 0.3) is 0 Å². The maximum absolute atomic E-state index is 13.1. The molecule has 0 aliphatic carbocycles. The van der Waals surface area contributed by atoms with Gasteiger partial charge in [-0.15, -0.1) is 0 Å². The maximum atomic E-state index is 13.1. The normalized spacial score (nSPS) is 22.2.